The highest BCUT2D eigenvalue weighted by Gasteiger charge is 2.37. The highest BCUT2D eigenvalue weighted by atomic mass is 35.5. The molecule has 34 heavy (non-hydrogen) atoms. The third-order valence-corrected chi connectivity index (χ3v) is 6.01. The number of nitrogens with zero attached hydrogens (tertiary/aromatic N) is 1. The van der Waals surface area contributed by atoms with Crippen molar-refractivity contribution in [2.24, 2.45) is 5.92 Å². The monoisotopic (exact) mass is 482 g/mol. The van der Waals surface area contributed by atoms with E-state index in [2.05, 4.69) is 5.32 Å². The van der Waals surface area contributed by atoms with Gasteiger partial charge >= 0.3 is 5.97 Å². The molecule has 1 heterocycles. The van der Waals surface area contributed by atoms with Gasteiger partial charge in [0, 0.05) is 35.2 Å². The summed E-state index contributed by atoms with van der Waals surface area (Å²) in [6.45, 7) is 8.66. The summed E-state index contributed by atoms with van der Waals surface area (Å²) in [6.07, 6.45) is 0.125. The lowest BCUT2D eigenvalue weighted by Crippen LogP contribution is -2.38. The van der Waals surface area contributed by atoms with Gasteiger partial charge in [0.25, 0.3) is 5.91 Å². The molecule has 1 aliphatic heterocycles. The van der Waals surface area contributed by atoms with Gasteiger partial charge in [0.05, 0.1) is 18.7 Å². The summed E-state index contributed by atoms with van der Waals surface area (Å²) in [6, 6.07) is 14.4. The third kappa shape index (κ3) is 6.06. The maximum atomic E-state index is 13.2. The molecular weight excluding hydrogens is 452 g/mol. The van der Waals surface area contributed by atoms with Gasteiger partial charge < -0.3 is 15.0 Å². The molecule has 0 saturated carbocycles. The highest BCUT2D eigenvalue weighted by molar-refractivity contribution is 6.30. The van der Waals surface area contributed by atoms with E-state index in [-0.39, 0.29) is 31.4 Å². The predicted octanol–water partition coefficient (Wildman–Crippen LogP) is 5.08. The highest BCUT2D eigenvalue weighted by Crippen LogP contribution is 2.38. The van der Waals surface area contributed by atoms with Gasteiger partial charge in [0.2, 0.25) is 5.91 Å². The Hall–Kier alpha value is -3.12. The van der Waals surface area contributed by atoms with Crippen molar-refractivity contribution in [3.8, 4) is 0 Å². The fourth-order valence-electron chi connectivity index (χ4n) is 4.08. The summed E-state index contributed by atoms with van der Waals surface area (Å²) in [5, 5.41) is 3.45. The van der Waals surface area contributed by atoms with Crippen LogP contribution in [0.25, 0.3) is 0 Å². The van der Waals surface area contributed by atoms with Gasteiger partial charge in [-0.15, -0.1) is 0 Å². The van der Waals surface area contributed by atoms with E-state index in [1.54, 1.807) is 49.1 Å². The number of ether oxygens (including phenoxy) is 1. The zero-order chi connectivity index (χ0) is 24.8. The van der Waals surface area contributed by atoms with Crippen LogP contribution in [0.5, 0.6) is 0 Å². The Morgan fingerprint density at radius 1 is 1.18 bits per heavy atom. The molecule has 0 bridgehead atoms. The van der Waals surface area contributed by atoms with Crippen LogP contribution in [0.1, 0.15) is 61.5 Å². The zero-order valence-electron chi connectivity index (χ0n) is 20.1. The molecule has 180 valence electrons. The fraction of sp³-hybridized carbons (Fsp3) is 0.370. The number of carbonyl (C=O) groups excluding carboxylic acids is 3. The summed E-state index contributed by atoms with van der Waals surface area (Å²) in [5.41, 5.74) is 3.14. The number of rotatable bonds is 8. The van der Waals surface area contributed by atoms with Crippen LogP contribution >= 0.6 is 11.6 Å². The SMILES string of the molecule is CCOC(=O)C1=C(C)N(Cc2cccc(C(=O)NCC(C)C)c2)C(=O)CC1c1cccc(Cl)c1. The number of allylic oxidation sites excluding steroid dienone is 1. The van der Waals surface area contributed by atoms with E-state index in [4.69, 9.17) is 16.3 Å². The van der Waals surface area contributed by atoms with Crippen molar-refractivity contribution >= 4 is 29.4 Å². The van der Waals surface area contributed by atoms with Crippen LogP contribution in [0.15, 0.2) is 59.8 Å². The summed E-state index contributed by atoms with van der Waals surface area (Å²) in [4.78, 5) is 40.3. The zero-order valence-corrected chi connectivity index (χ0v) is 20.8. The van der Waals surface area contributed by atoms with E-state index in [1.807, 2.05) is 32.0 Å². The fourth-order valence-corrected chi connectivity index (χ4v) is 4.28. The van der Waals surface area contributed by atoms with Crippen LogP contribution in [0.4, 0.5) is 0 Å². The molecule has 0 radical (unpaired) electrons. The first-order chi connectivity index (χ1) is 16.2. The molecule has 3 rings (SSSR count). The second-order valence-corrected chi connectivity index (χ2v) is 9.25. The second kappa shape index (κ2) is 11.3. The van der Waals surface area contributed by atoms with Gasteiger partial charge in [-0.2, -0.15) is 0 Å². The minimum Gasteiger partial charge on any atom is -0.463 e. The Balaban J connectivity index is 1.93. The molecule has 1 N–H and O–H groups in total. The number of hydrogen-bond acceptors (Lipinski definition) is 4. The molecule has 0 aliphatic carbocycles. The molecule has 6 nitrogen and oxygen atoms in total. The number of carbonyl (C=O) groups is 3. The largest absolute Gasteiger partial charge is 0.463 e. The van der Waals surface area contributed by atoms with Gasteiger partial charge in [-0.1, -0.05) is 49.7 Å². The molecule has 1 unspecified atom stereocenters. The molecule has 2 aromatic carbocycles. The van der Waals surface area contributed by atoms with Crippen LogP contribution in [0, 0.1) is 5.92 Å². The Labute approximate surface area is 205 Å². The van der Waals surface area contributed by atoms with E-state index < -0.39 is 11.9 Å². The van der Waals surface area contributed by atoms with Crippen LogP contribution in [0.3, 0.4) is 0 Å². The lowest BCUT2D eigenvalue weighted by Gasteiger charge is -2.34. The van der Waals surface area contributed by atoms with Gasteiger partial charge in [0.15, 0.2) is 0 Å². The van der Waals surface area contributed by atoms with Crippen LogP contribution in [-0.4, -0.2) is 35.8 Å². The molecule has 1 atom stereocenters. The quantitative estimate of drug-likeness (QED) is 0.532. The number of amides is 2. The van der Waals surface area contributed by atoms with Gasteiger partial charge in [-0.05, 0) is 55.2 Å². The van der Waals surface area contributed by atoms with Gasteiger partial charge in [-0.3, -0.25) is 9.59 Å². The number of hydrogen-bond donors (Lipinski definition) is 1. The summed E-state index contributed by atoms with van der Waals surface area (Å²) in [7, 11) is 0. The first-order valence-electron chi connectivity index (χ1n) is 11.5. The summed E-state index contributed by atoms with van der Waals surface area (Å²) in [5.74, 6) is -0.787. The Morgan fingerprint density at radius 2 is 1.91 bits per heavy atom. The first-order valence-corrected chi connectivity index (χ1v) is 11.9. The predicted molar refractivity (Wildman–Crippen MR) is 132 cm³/mol. The molecule has 2 aromatic rings. The van der Waals surface area contributed by atoms with Crippen molar-refractivity contribution < 1.29 is 19.1 Å². The normalized spacial score (nSPS) is 16.1. The molecule has 7 heteroatoms. The van der Waals surface area contributed by atoms with Crippen molar-refractivity contribution in [3.63, 3.8) is 0 Å². The number of esters is 1. The average molecular weight is 483 g/mol. The summed E-state index contributed by atoms with van der Waals surface area (Å²) < 4.78 is 5.34. The Kier molecular flexibility index (Phi) is 8.51. The topological polar surface area (TPSA) is 75.7 Å². The molecule has 2 amide bonds. The Morgan fingerprint density at radius 3 is 2.59 bits per heavy atom. The van der Waals surface area contributed by atoms with E-state index in [1.165, 1.54) is 0 Å². The van der Waals surface area contributed by atoms with Crippen LogP contribution < -0.4 is 5.32 Å². The van der Waals surface area contributed by atoms with Gasteiger partial charge in [0.1, 0.15) is 0 Å². The van der Waals surface area contributed by atoms with Gasteiger partial charge in [-0.25, -0.2) is 4.79 Å². The van der Waals surface area contributed by atoms with Crippen molar-refractivity contribution in [1.29, 1.82) is 0 Å². The molecule has 0 fully saturated rings. The van der Waals surface area contributed by atoms with Crippen molar-refractivity contribution in [1.82, 2.24) is 10.2 Å². The smallest absolute Gasteiger partial charge is 0.336 e. The minimum atomic E-state index is -0.440. The molecular formula is C27H31ClN2O4. The number of halogens is 1. The van der Waals surface area contributed by atoms with Crippen molar-refractivity contribution in [2.75, 3.05) is 13.2 Å². The molecule has 1 aliphatic rings. The lowest BCUT2D eigenvalue weighted by atomic mass is 9.83. The van der Waals surface area contributed by atoms with E-state index in [0.29, 0.717) is 34.3 Å². The standard InChI is InChI=1S/C27H31ClN2O4/c1-5-34-27(33)25-18(4)30(24(31)14-23(25)20-9-7-11-22(28)13-20)16-19-8-6-10-21(12-19)26(32)29-15-17(2)3/h6-13,17,23H,5,14-16H2,1-4H3,(H,29,32). The molecule has 0 aromatic heterocycles. The minimum absolute atomic E-state index is 0.106. The average Bonchev–Trinajstić information content (AvgIpc) is 2.80. The van der Waals surface area contributed by atoms with E-state index in [9.17, 15) is 14.4 Å². The summed E-state index contributed by atoms with van der Waals surface area (Å²) >= 11 is 6.18. The molecule has 0 saturated heterocycles. The number of nitrogens with one attached hydrogen (secondary N) is 1. The van der Waals surface area contributed by atoms with Crippen molar-refractivity contribution in [3.05, 3.63) is 81.5 Å². The first kappa shape index (κ1) is 25.5. The Bertz CT molecular complexity index is 1110. The second-order valence-electron chi connectivity index (χ2n) is 8.82. The number of benzene rings is 2. The van der Waals surface area contributed by atoms with E-state index >= 15 is 0 Å². The maximum Gasteiger partial charge on any atom is 0.336 e. The van der Waals surface area contributed by atoms with E-state index in [0.717, 1.165) is 11.1 Å². The lowest BCUT2D eigenvalue weighted by molar-refractivity contribution is -0.140. The van der Waals surface area contributed by atoms with Crippen LogP contribution in [-0.2, 0) is 20.9 Å². The van der Waals surface area contributed by atoms with Crippen LogP contribution in [0.2, 0.25) is 5.02 Å². The van der Waals surface area contributed by atoms with Crippen molar-refractivity contribution in [2.45, 2.75) is 46.6 Å². The molecule has 0 spiro atoms. The third-order valence-electron chi connectivity index (χ3n) is 5.77. The maximum absolute atomic E-state index is 13.2.